The molecule has 1 heterocycles. The Morgan fingerprint density at radius 1 is 1.08 bits per heavy atom. The molecule has 5 nitrogen and oxygen atoms in total. The third kappa shape index (κ3) is 4.37. The van der Waals surface area contributed by atoms with Crippen molar-refractivity contribution in [1.82, 2.24) is 10.6 Å². The molecule has 1 aliphatic heterocycles. The first kappa shape index (κ1) is 17.0. The lowest BCUT2D eigenvalue weighted by Crippen LogP contribution is -2.38. The van der Waals surface area contributed by atoms with Crippen LogP contribution in [0, 0.1) is 11.6 Å². The molecule has 0 unspecified atom stereocenters. The van der Waals surface area contributed by atoms with Crippen LogP contribution in [0.3, 0.4) is 0 Å². The molecule has 7 heteroatoms. The lowest BCUT2D eigenvalue weighted by atomic mass is 10.1. The van der Waals surface area contributed by atoms with Crippen LogP contribution in [0.5, 0.6) is 11.5 Å². The van der Waals surface area contributed by atoms with Crippen molar-refractivity contribution in [2.75, 3.05) is 20.4 Å². The van der Waals surface area contributed by atoms with Crippen LogP contribution >= 0.6 is 0 Å². The number of fused-ring (bicyclic) bond motifs is 1. The van der Waals surface area contributed by atoms with Crippen molar-refractivity contribution in [3.8, 4) is 11.5 Å². The van der Waals surface area contributed by atoms with Gasteiger partial charge in [0.05, 0.1) is 0 Å². The zero-order chi connectivity index (χ0) is 17.6. The topological polar surface area (TPSA) is 54.9 Å². The molecule has 0 aromatic heterocycles. The summed E-state index contributed by atoms with van der Waals surface area (Å²) < 4.78 is 37.4. The fourth-order valence-corrected chi connectivity index (χ4v) is 2.50. The quantitative estimate of drug-likeness (QED) is 0.645. The van der Waals surface area contributed by atoms with Crippen LogP contribution in [0.15, 0.2) is 41.4 Å². The van der Waals surface area contributed by atoms with E-state index in [1.54, 1.807) is 7.05 Å². The molecule has 25 heavy (non-hydrogen) atoms. The van der Waals surface area contributed by atoms with Crippen LogP contribution in [-0.4, -0.2) is 26.3 Å². The first-order valence-corrected chi connectivity index (χ1v) is 7.92. The maximum Gasteiger partial charge on any atom is 0.231 e. The number of nitrogens with one attached hydrogen (secondary N) is 2. The molecule has 0 radical (unpaired) electrons. The number of benzene rings is 2. The van der Waals surface area contributed by atoms with E-state index in [1.165, 1.54) is 6.07 Å². The smallest absolute Gasteiger partial charge is 0.231 e. The number of hydrogen-bond acceptors (Lipinski definition) is 3. The summed E-state index contributed by atoms with van der Waals surface area (Å²) in [6, 6.07) is 9.19. The van der Waals surface area contributed by atoms with Gasteiger partial charge in [0, 0.05) is 25.7 Å². The summed E-state index contributed by atoms with van der Waals surface area (Å²) in [7, 11) is 1.62. The summed E-state index contributed by atoms with van der Waals surface area (Å²) in [5, 5.41) is 6.11. The predicted octanol–water partition coefficient (Wildman–Crippen LogP) is 2.60. The zero-order valence-corrected chi connectivity index (χ0v) is 13.8. The number of aliphatic imine (C=N–C) groups is 1. The van der Waals surface area contributed by atoms with Gasteiger partial charge in [0.15, 0.2) is 17.5 Å². The predicted molar refractivity (Wildman–Crippen MR) is 90.8 cm³/mol. The molecule has 3 rings (SSSR count). The van der Waals surface area contributed by atoms with Gasteiger partial charge in [0.25, 0.3) is 0 Å². The van der Waals surface area contributed by atoms with E-state index in [0.29, 0.717) is 12.5 Å². The molecule has 0 saturated heterocycles. The molecule has 0 aliphatic carbocycles. The van der Waals surface area contributed by atoms with Crippen molar-refractivity contribution in [3.63, 3.8) is 0 Å². The Labute approximate surface area is 144 Å². The van der Waals surface area contributed by atoms with Gasteiger partial charge in [0.1, 0.15) is 11.6 Å². The summed E-state index contributed by atoms with van der Waals surface area (Å²) in [5.41, 5.74) is 1.35. The van der Waals surface area contributed by atoms with Crippen LogP contribution in [0.4, 0.5) is 8.78 Å². The molecule has 0 bridgehead atoms. The van der Waals surface area contributed by atoms with E-state index >= 15 is 0 Å². The van der Waals surface area contributed by atoms with E-state index < -0.39 is 11.6 Å². The number of nitrogens with zero attached hydrogens (tertiary/aromatic N) is 1. The summed E-state index contributed by atoms with van der Waals surface area (Å²) in [6.07, 6.45) is 0.756. The van der Waals surface area contributed by atoms with Crippen LogP contribution in [0.2, 0.25) is 0 Å². The van der Waals surface area contributed by atoms with Crippen molar-refractivity contribution in [1.29, 1.82) is 0 Å². The van der Waals surface area contributed by atoms with E-state index in [9.17, 15) is 8.78 Å². The molecule has 0 amide bonds. The van der Waals surface area contributed by atoms with E-state index in [2.05, 4.69) is 15.6 Å². The van der Waals surface area contributed by atoms with Gasteiger partial charge in [0.2, 0.25) is 6.79 Å². The van der Waals surface area contributed by atoms with Crippen LogP contribution in [0.1, 0.15) is 11.1 Å². The van der Waals surface area contributed by atoms with Crippen molar-refractivity contribution in [2.24, 2.45) is 4.99 Å². The Morgan fingerprint density at radius 2 is 1.92 bits per heavy atom. The van der Waals surface area contributed by atoms with Crippen molar-refractivity contribution in [2.45, 2.75) is 13.0 Å². The minimum absolute atomic E-state index is 0.146. The molecule has 2 aromatic carbocycles. The van der Waals surface area contributed by atoms with E-state index in [1.807, 2.05) is 18.2 Å². The van der Waals surface area contributed by atoms with Gasteiger partial charge >= 0.3 is 0 Å². The molecule has 0 fully saturated rings. The minimum atomic E-state index is -0.469. The van der Waals surface area contributed by atoms with E-state index in [4.69, 9.17) is 9.47 Å². The summed E-state index contributed by atoms with van der Waals surface area (Å²) in [6.45, 7) is 1.03. The highest BCUT2D eigenvalue weighted by Crippen LogP contribution is 2.32. The molecule has 2 aromatic rings. The normalized spacial score (nSPS) is 13.0. The van der Waals surface area contributed by atoms with Crippen LogP contribution in [-0.2, 0) is 13.0 Å². The van der Waals surface area contributed by atoms with Crippen molar-refractivity contribution >= 4 is 5.96 Å². The first-order chi connectivity index (χ1) is 12.2. The fourth-order valence-electron chi connectivity index (χ4n) is 2.50. The molecule has 132 valence electrons. The number of halogens is 2. The second-order valence-electron chi connectivity index (χ2n) is 5.53. The molecule has 1 aliphatic rings. The lowest BCUT2D eigenvalue weighted by Gasteiger charge is -2.12. The van der Waals surface area contributed by atoms with E-state index in [0.717, 1.165) is 35.6 Å². The van der Waals surface area contributed by atoms with Gasteiger partial charge in [-0.15, -0.1) is 0 Å². The fraction of sp³-hybridized carbons (Fsp3) is 0.278. The summed E-state index contributed by atoms with van der Waals surface area (Å²) >= 11 is 0. The van der Waals surface area contributed by atoms with Gasteiger partial charge in [-0.3, -0.25) is 4.99 Å². The molecule has 0 atom stereocenters. The maximum absolute atomic E-state index is 13.6. The first-order valence-electron chi connectivity index (χ1n) is 7.92. The van der Waals surface area contributed by atoms with Gasteiger partial charge in [-0.05, 0) is 42.3 Å². The second kappa shape index (κ2) is 7.83. The molecule has 0 saturated carbocycles. The summed E-state index contributed by atoms with van der Waals surface area (Å²) in [5.74, 6) is 1.10. The van der Waals surface area contributed by atoms with Crippen molar-refractivity contribution in [3.05, 3.63) is 59.2 Å². The number of guanidine groups is 1. The Hall–Kier alpha value is -2.83. The third-order valence-electron chi connectivity index (χ3n) is 3.82. The number of rotatable bonds is 5. The van der Waals surface area contributed by atoms with E-state index in [-0.39, 0.29) is 18.9 Å². The van der Waals surface area contributed by atoms with Crippen molar-refractivity contribution < 1.29 is 18.3 Å². The molecule has 2 N–H and O–H groups in total. The second-order valence-corrected chi connectivity index (χ2v) is 5.53. The minimum Gasteiger partial charge on any atom is -0.454 e. The number of ether oxygens (including phenoxy) is 2. The van der Waals surface area contributed by atoms with Gasteiger partial charge in [-0.2, -0.15) is 0 Å². The largest absolute Gasteiger partial charge is 0.454 e. The third-order valence-corrected chi connectivity index (χ3v) is 3.82. The van der Waals surface area contributed by atoms with Gasteiger partial charge in [-0.1, -0.05) is 6.07 Å². The molecular weight excluding hydrogens is 328 g/mol. The highest BCUT2D eigenvalue weighted by atomic mass is 19.1. The Balaban J connectivity index is 1.49. The SMILES string of the molecule is CN=C(NCCc1ccc2c(c1)OCO2)NCc1cc(F)ccc1F. The maximum atomic E-state index is 13.6. The highest BCUT2D eigenvalue weighted by Gasteiger charge is 2.13. The lowest BCUT2D eigenvalue weighted by molar-refractivity contribution is 0.174. The Kier molecular flexibility index (Phi) is 5.33. The standard InChI is InChI=1S/C18H19F2N3O2/c1-21-18(23-10-13-9-14(19)3-4-15(13)20)22-7-6-12-2-5-16-17(8-12)25-11-24-16/h2-5,8-9H,6-7,10-11H2,1H3,(H2,21,22,23). The summed E-state index contributed by atoms with van der Waals surface area (Å²) in [4.78, 5) is 4.08. The molecular formula is C18H19F2N3O2. The highest BCUT2D eigenvalue weighted by molar-refractivity contribution is 5.79. The van der Waals surface area contributed by atoms with Crippen LogP contribution < -0.4 is 20.1 Å². The molecule has 0 spiro atoms. The average molecular weight is 347 g/mol. The van der Waals surface area contributed by atoms with Crippen LogP contribution in [0.25, 0.3) is 0 Å². The Morgan fingerprint density at radius 3 is 2.76 bits per heavy atom. The van der Waals surface area contributed by atoms with Gasteiger partial charge < -0.3 is 20.1 Å². The number of hydrogen-bond donors (Lipinski definition) is 2. The van der Waals surface area contributed by atoms with Gasteiger partial charge in [-0.25, -0.2) is 8.78 Å². The zero-order valence-electron chi connectivity index (χ0n) is 13.8. The monoisotopic (exact) mass is 347 g/mol. The Bertz CT molecular complexity index is 781. The average Bonchev–Trinajstić information content (AvgIpc) is 3.08.